The van der Waals surface area contributed by atoms with Gasteiger partial charge in [-0.25, -0.2) is 4.98 Å². The molecule has 0 unspecified atom stereocenters. The van der Waals surface area contributed by atoms with Gasteiger partial charge in [0.15, 0.2) is 0 Å². The lowest BCUT2D eigenvalue weighted by Gasteiger charge is -2.32. The minimum absolute atomic E-state index is 0. The minimum atomic E-state index is 0. The number of piperidine rings is 1. The van der Waals surface area contributed by atoms with E-state index in [-0.39, 0.29) is 30.7 Å². The van der Waals surface area contributed by atoms with Crippen molar-refractivity contribution >= 4 is 30.7 Å². The van der Waals surface area contributed by atoms with E-state index in [4.69, 9.17) is 0 Å². The number of carbonyl (C=O) groups is 1. The molecule has 0 spiro atoms. The highest BCUT2D eigenvalue weighted by Crippen LogP contribution is 2.23. The molecule has 1 N–H and O–H groups in total. The molecule has 1 fully saturated rings. The molecule has 1 amide bonds. The van der Waals surface area contributed by atoms with Crippen molar-refractivity contribution in [2.45, 2.75) is 33.6 Å². The number of aryl methyl sites for hydroxylation is 1. The van der Waals surface area contributed by atoms with Gasteiger partial charge in [-0.3, -0.25) is 4.79 Å². The summed E-state index contributed by atoms with van der Waals surface area (Å²) in [7, 11) is 0. The Kier molecular flexibility index (Phi) is 9.30. The van der Waals surface area contributed by atoms with E-state index >= 15 is 0 Å². The molecule has 3 heterocycles. The van der Waals surface area contributed by atoms with Crippen molar-refractivity contribution in [3.05, 3.63) is 47.4 Å². The van der Waals surface area contributed by atoms with Crippen LogP contribution in [0.5, 0.6) is 0 Å². The fourth-order valence-corrected chi connectivity index (χ4v) is 3.68. The normalized spacial score (nSPS) is 14.4. The molecular weight excluding hydrogens is 383 g/mol. The maximum atomic E-state index is 13.0. The molecule has 5 nitrogen and oxygen atoms in total. The number of nitrogens with one attached hydrogen (secondary N) is 1. The third-order valence-corrected chi connectivity index (χ3v) is 5.12. The van der Waals surface area contributed by atoms with Crippen LogP contribution in [0.3, 0.4) is 0 Å². The molecule has 1 saturated heterocycles. The topological polar surface area (TPSA) is 50.2 Å². The van der Waals surface area contributed by atoms with Crippen molar-refractivity contribution in [2.75, 3.05) is 26.2 Å². The predicted octanol–water partition coefficient (Wildman–Crippen LogP) is 3.79. The average molecular weight is 413 g/mol. The molecule has 7 heteroatoms. The highest BCUT2D eigenvalue weighted by Gasteiger charge is 2.26. The number of halogens is 2. The van der Waals surface area contributed by atoms with Crippen LogP contribution in [0.4, 0.5) is 0 Å². The van der Waals surface area contributed by atoms with Crippen LogP contribution in [0.25, 0.3) is 5.82 Å². The lowest BCUT2D eigenvalue weighted by atomic mass is 9.96. The largest absolute Gasteiger partial charge is 0.339 e. The van der Waals surface area contributed by atoms with Crippen LogP contribution in [0.2, 0.25) is 0 Å². The monoisotopic (exact) mass is 412 g/mol. The smallest absolute Gasteiger partial charge is 0.255 e. The van der Waals surface area contributed by atoms with Gasteiger partial charge in [0.1, 0.15) is 5.82 Å². The zero-order valence-corrected chi connectivity index (χ0v) is 17.9. The number of aromatic nitrogens is 2. The fraction of sp³-hybridized carbons (Fsp3) is 0.500. The summed E-state index contributed by atoms with van der Waals surface area (Å²) < 4.78 is 2.06. The summed E-state index contributed by atoms with van der Waals surface area (Å²) in [6.07, 6.45) is 3.94. The first-order valence-electron chi connectivity index (χ1n) is 9.22. The summed E-state index contributed by atoms with van der Waals surface area (Å²) >= 11 is 0. The third kappa shape index (κ3) is 5.24. The van der Waals surface area contributed by atoms with Gasteiger partial charge in [-0.15, -0.1) is 24.8 Å². The van der Waals surface area contributed by atoms with E-state index in [1.807, 2.05) is 43.0 Å². The van der Waals surface area contributed by atoms with Gasteiger partial charge >= 0.3 is 0 Å². The minimum Gasteiger partial charge on any atom is -0.339 e. The van der Waals surface area contributed by atoms with Crippen LogP contribution in [0.1, 0.15) is 41.5 Å². The number of likely N-dealkylation sites (tertiary alicyclic amines) is 1. The first-order valence-corrected chi connectivity index (χ1v) is 9.22. The van der Waals surface area contributed by atoms with Gasteiger partial charge in [0.2, 0.25) is 0 Å². The van der Waals surface area contributed by atoms with E-state index in [0.29, 0.717) is 5.92 Å². The molecule has 0 aliphatic carbocycles. The quantitative estimate of drug-likeness (QED) is 0.812. The second kappa shape index (κ2) is 10.7. The Hall–Kier alpha value is -1.56. The second-order valence-electron chi connectivity index (χ2n) is 6.85. The van der Waals surface area contributed by atoms with Gasteiger partial charge in [0, 0.05) is 30.7 Å². The second-order valence-corrected chi connectivity index (χ2v) is 6.85. The SMILES string of the molecule is CCNCC1CCN(C(=O)c2cc(C)n(-c3ccccn3)c2C)CC1.Cl.Cl. The molecular formula is C20H30Cl2N4O. The summed E-state index contributed by atoms with van der Waals surface area (Å²) in [5.41, 5.74) is 2.81. The van der Waals surface area contributed by atoms with Crippen LogP contribution in [0.15, 0.2) is 30.5 Å². The molecule has 3 rings (SSSR count). The molecule has 2 aromatic heterocycles. The summed E-state index contributed by atoms with van der Waals surface area (Å²) in [4.78, 5) is 19.4. The first kappa shape index (κ1) is 23.5. The van der Waals surface area contributed by atoms with Crippen molar-refractivity contribution in [1.82, 2.24) is 19.8 Å². The molecule has 1 aliphatic heterocycles. The highest BCUT2D eigenvalue weighted by atomic mass is 35.5. The molecule has 0 radical (unpaired) electrons. The van der Waals surface area contributed by atoms with Gasteiger partial charge in [-0.2, -0.15) is 0 Å². The Bertz CT molecular complexity index is 725. The van der Waals surface area contributed by atoms with Crippen LogP contribution >= 0.6 is 24.8 Å². The maximum absolute atomic E-state index is 13.0. The van der Waals surface area contributed by atoms with E-state index in [2.05, 4.69) is 21.8 Å². The summed E-state index contributed by atoms with van der Waals surface area (Å²) in [5, 5.41) is 3.42. The Balaban J connectivity index is 0.00000182. The van der Waals surface area contributed by atoms with Crippen LogP contribution in [-0.2, 0) is 0 Å². The molecule has 27 heavy (non-hydrogen) atoms. The number of nitrogens with zero attached hydrogens (tertiary/aromatic N) is 3. The van der Waals surface area contributed by atoms with E-state index in [0.717, 1.165) is 61.8 Å². The summed E-state index contributed by atoms with van der Waals surface area (Å²) in [6, 6.07) is 7.84. The molecule has 0 aromatic carbocycles. The van der Waals surface area contributed by atoms with Crippen molar-refractivity contribution in [2.24, 2.45) is 5.92 Å². The average Bonchev–Trinajstić information content (AvgIpc) is 2.95. The Morgan fingerprint density at radius 1 is 1.22 bits per heavy atom. The standard InChI is InChI=1S/C20H28N4O.2ClH/c1-4-21-14-17-8-11-23(12-9-17)20(25)18-13-15(2)24(16(18)3)19-7-5-6-10-22-19;;/h5-7,10,13,17,21H,4,8-9,11-12,14H2,1-3H3;2*1H. The van der Waals surface area contributed by atoms with Gasteiger partial charge < -0.3 is 14.8 Å². The van der Waals surface area contributed by atoms with Crippen molar-refractivity contribution < 1.29 is 4.79 Å². The summed E-state index contributed by atoms with van der Waals surface area (Å²) in [6.45, 7) is 9.94. The van der Waals surface area contributed by atoms with Crippen LogP contribution in [0, 0.1) is 19.8 Å². The number of carbonyl (C=O) groups excluding carboxylic acids is 1. The van der Waals surface area contributed by atoms with Gasteiger partial charge in [-0.1, -0.05) is 13.0 Å². The molecule has 0 saturated carbocycles. The molecule has 0 bridgehead atoms. The number of hydrogen-bond donors (Lipinski definition) is 1. The Labute approximate surface area is 174 Å². The Morgan fingerprint density at radius 3 is 2.52 bits per heavy atom. The van der Waals surface area contributed by atoms with E-state index < -0.39 is 0 Å². The van der Waals surface area contributed by atoms with Gasteiger partial charge in [0.25, 0.3) is 5.91 Å². The molecule has 150 valence electrons. The number of pyridine rings is 1. The van der Waals surface area contributed by atoms with E-state index in [1.165, 1.54) is 0 Å². The summed E-state index contributed by atoms with van der Waals surface area (Å²) in [5.74, 6) is 1.70. The third-order valence-electron chi connectivity index (χ3n) is 5.12. The van der Waals surface area contributed by atoms with E-state index in [9.17, 15) is 4.79 Å². The van der Waals surface area contributed by atoms with Crippen molar-refractivity contribution in [1.29, 1.82) is 0 Å². The molecule has 1 aliphatic rings. The predicted molar refractivity (Wildman–Crippen MR) is 115 cm³/mol. The zero-order chi connectivity index (χ0) is 17.8. The van der Waals surface area contributed by atoms with Crippen molar-refractivity contribution in [3.8, 4) is 5.82 Å². The number of hydrogen-bond acceptors (Lipinski definition) is 3. The number of rotatable bonds is 5. The lowest BCUT2D eigenvalue weighted by molar-refractivity contribution is 0.0689. The Morgan fingerprint density at radius 2 is 1.93 bits per heavy atom. The van der Waals surface area contributed by atoms with Crippen LogP contribution in [-0.4, -0.2) is 46.5 Å². The van der Waals surface area contributed by atoms with E-state index in [1.54, 1.807) is 6.20 Å². The van der Waals surface area contributed by atoms with Gasteiger partial charge in [-0.05, 0) is 63.9 Å². The molecule has 2 aromatic rings. The number of amides is 1. The lowest BCUT2D eigenvalue weighted by Crippen LogP contribution is -2.40. The van der Waals surface area contributed by atoms with Crippen molar-refractivity contribution in [3.63, 3.8) is 0 Å². The maximum Gasteiger partial charge on any atom is 0.255 e. The first-order chi connectivity index (χ1) is 12.1. The van der Waals surface area contributed by atoms with Gasteiger partial charge in [0.05, 0.1) is 5.56 Å². The highest BCUT2D eigenvalue weighted by molar-refractivity contribution is 5.96. The fourth-order valence-electron chi connectivity index (χ4n) is 3.68. The molecule has 0 atom stereocenters. The zero-order valence-electron chi connectivity index (χ0n) is 16.3. The van der Waals surface area contributed by atoms with Crippen LogP contribution < -0.4 is 5.32 Å².